The Morgan fingerprint density at radius 1 is 1.00 bits per heavy atom. The smallest absolute Gasteiger partial charge is 0.197 e. The van der Waals surface area contributed by atoms with E-state index in [1.807, 2.05) is 0 Å². The third-order valence-electron chi connectivity index (χ3n) is 2.54. The van der Waals surface area contributed by atoms with Crippen molar-refractivity contribution in [1.82, 2.24) is 0 Å². The Labute approximate surface area is 107 Å². The molecule has 0 bridgehead atoms. The van der Waals surface area contributed by atoms with Gasteiger partial charge in [-0.2, -0.15) is 0 Å². The maximum Gasteiger partial charge on any atom is 0.197 e. The average molecular weight is 258 g/mol. The highest BCUT2D eigenvalue weighted by molar-refractivity contribution is 6.95. The molecule has 3 heteroatoms. The Balaban J connectivity index is 3.41. The summed E-state index contributed by atoms with van der Waals surface area (Å²) < 4.78 is 0.0648. The van der Waals surface area contributed by atoms with Crippen LogP contribution in [0.3, 0.4) is 0 Å². The largest absolute Gasteiger partial charge is 0.225 e. The molecular weight excluding hydrogens is 241 g/mol. The third-order valence-corrected chi connectivity index (χ3v) is 2.71. The van der Waals surface area contributed by atoms with Gasteiger partial charge in [-0.1, -0.05) is 45.9 Å². The van der Waals surface area contributed by atoms with E-state index in [1.54, 1.807) is 0 Å². The lowest BCUT2D eigenvalue weighted by atomic mass is 9.93. The summed E-state index contributed by atoms with van der Waals surface area (Å²) in [5.74, 6) is 0.815. The van der Waals surface area contributed by atoms with Gasteiger partial charge in [0.15, 0.2) is 4.63 Å². The van der Waals surface area contributed by atoms with Crippen molar-refractivity contribution < 1.29 is 0 Å². The van der Waals surface area contributed by atoms with E-state index in [-0.39, 0.29) is 4.63 Å². The first-order valence-electron chi connectivity index (χ1n) is 5.46. The molecule has 0 unspecified atom stereocenters. The molecule has 0 amide bonds. The monoisotopic (exact) mass is 257 g/mol. The van der Waals surface area contributed by atoms with Crippen LogP contribution in [0, 0.1) is 0 Å². The Morgan fingerprint density at radius 3 is 1.75 bits per heavy atom. The maximum atomic E-state index is 5.68. The number of nitrogens with zero attached hydrogens (tertiary/aromatic N) is 1. The van der Waals surface area contributed by atoms with Crippen molar-refractivity contribution in [2.75, 3.05) is 0 Å². The third kappa shape index (κ3) is 3.23. The van der Waals surface area contributed by atoms with Gasteiger partial charge in [0.05, 0.1) is 5.69 Å². The van der Waals surface area contributed by atoms with Gasteiger partial charge in [0.1, 0.15) is 0 Å². The molecule has 1 nitrogen and oxygen atoms in total. The topological polar surface area (TPSA) is 12.4 Å². The van der Waals surface area contributed by atoms with E-state index >= 15 is 0 Å². The minimum absolute atomic E-state index is 0.0648. The number of para-hydroxylation sites is 1. The second-order valence-corrected chi connectivity index (χ2v) is 5.36. The highest BCUT2D eigenvalue weighted by Gasteiger charge is 2.13. The molecule has 0 aliphatic carbocycles. The van der Waals surface area contributed by atoms with E-state index in [4.69, 9.17) is 23.2 Å². The molecule has 0 aliphatic heterocycles. The van der Waals surface area contributed by atoms with Gasteiger partial charge >= 0.3 is 0 Å². The summed E-state index contributed by atoms with van der Waals surface area (Å²) in [6, 6.07) is 6.21. The van der Waals surface area contributed by atoms with Crippen molar-refractivity contribution in [2.45, 2.75) is 39.5 Å². The van der Waals surface area contributed by atoms with E-state index in [9.17, 15) is 0 Å². The fourth-order valence-corrected chi connectivity index (χ4v) is 1.89. The fourth-order valence-electron chi connectivity index (χ4n) is 1.73. The molecule has 0 aliphatic rings. The van der Waals surface area contributed by atoms with Crippen molar-refractivity contribution in [3.8, 4) is 0 Å². The van der Waals surface area contributed by atoms with Gasteiger partial charge in [-0.3, -0.25) is 0 Å². The molecule has 0 saturated carbocycles. The van der Waals surface area contributed by atoms with Crippen LogP contribution in [0.15, 0.2) is 23.2 Å². The predicted octanol–water partition coefficient (Wildman–Crippen LogP) is 5.40. The van der Waals surface area contributed by atoms with Crippen LogP contribution < -0.4 is 0 Å². The van der Waals surface area contributed by atoms with Crippen molar-refractivity contribution in [2.24, 2.45) is 4.99 Å². The van der Waals surface area contributed by atoms with E-state index in [0.29, 0.717) is 11.8 Å². The van der Waals surface area contributed by atoms with Crippen LogP contribution in [0.2, 0.25) is 0 Å². The average Bonchev–Trinajstić information content (AvgIpc) is 2.16. The van der Waals surface area contributed by atoms with E-state index in [0.717, 1.165) is 5.69 Å². The molecule has 1 aromatic rings. The zero-order valence-electron chi connectivity index (χ0n) is 10.1. The van der Waals surface area contributed by atoms with Crippen LogP contribution in [-0.2, 0) is 0 Å². The van der Waals surface area contributed by atoms with Crippen LogP contribution in [0.5, 0.6) is 0 Å². The van der Waals surface area contributed by atoms with Crippen molar-refractivity contribution in [3.05, 3.63) is 29.3 Å². The predicted molar refractivity (Wildman–Crippen MR) is 73.4 cm³/mol. The Kier molecular flexibility index (Phi) is 4.82. The normalized spacial score (nSPS) is 11.0. The molecule has 0 radical (unpaired) electrons. The highest BCUT2D eigenvalue weighted by Crippen LogP contribution is 2.35. The molecular formula is C13H17Cl2N. The first-order chi connectivity index (χ1) is 7.43. The molecule has 16 heavy (non-hydrogen) atoms. The molecule has 0 saturated heterocycles. The van der Waals surface area contributed by atoms with Crippen molar-refractivity contribution in [1.29, 1.82) is 0 Å². The second kappa shape index (κ2) is 5.70. The maximum absolute atomic E-state index is 5.68. The lowest BCUT2D eigenvalue weighted by Crippen LogP contribution is -1.95. The van der Waals surface area contributed by atoms with Crippen molar-refractivity contribution in [3.63, 3.8) is 0 Å². The van der Waals surface area contributed by atoms with Crippen LogP contribution in [0.4, 0.5) is 5.69 Å². The Hall–Kier alpha value is -0.530. The zero-order chi connectivity index (χ0) is 12.3. The van der Waals surface area contributed by atoms with Gasteiger partial charge in [0.2, 0.25) is 0 Å². The number of hydrogen-bond donors (Lipinski definition) is 0. The summed E-state index contributed by atoms with van der Waals surface area (Å²) in [6.07, 6.45) is 0. The number of halogens is 2. The van der Waals surface area contributed by atoms with Gasteiger partial charge in [0.25, 0.3) is 0 Å². The Morgan fingerprint density at radius 2 is 1.44 bits per heavy atom. The summed E-state index contributed by atoms with van der Waals surface area (Å²) >= 11 is 11.4. The second-order valence-electron chi connectivity index (χ2n) is 4.45. The van der Waals surface area contributed by atoms with Crippen molar-refractivity contribution >= 4 is 33.5 Å². The SMILES string of the molecule is CC(C)c1cccc(C(C)C)c1N=C(Cl)Cl. The van der Waals surface area contributed by atoms with Gasteiger partial charge in [-0.25, -0.2) is 4.99 Å². The molecule has 0 heterocycles. The zero-order valence-corrected chi connectivity index (χ0v) is 11.6. The van der Waals surface area contributed by atoms with Gasteiger partial charge in [-0.05, 0) is 46.2 Å². The highest BCUT2D eigenvalue weighted by atomic mass is 35.5. The summed E-state index contributed by atoms with van der Waals surface area (Å²) in [4.78, 5) is 4.25. The van der Waals surface area contributed by atoms with Gasteiger partial charge in [0, 0.05) is 0 Å². The van der Waals surface area contributed by atoms with E-state index in [1.165, 1.54) is 11.1 Å². The summed E-state index contributed by atoms with van der Waals surface area (Å²) in [6.45, 7) is 8.56. The number of rotatable bonds is 3. The number of aliphatic imine (C=N–C) groups is 1. The minimum Gasteiger partial charge on any atom is -0.225 e. The van der Waals surface area contributed by atoms with Gasteiger partial charge in [-0.15, -0.1) is 0 Å². The molecule has 1 rings (SSSR count). The molecule has 0 atom stereocenters. The van der Waals surface area contributed by atoms with E-state index in [2.05, 4.69) is 50.9 Å². The number of benzene rings is 1. The lowest BCUT2D eigenvalue weighted by molar-refractivity contribution is 0.835. The van der Waals surface area contributed by atoms with Gasteiger partial charge < -0.3 is 0 Å². The minimum atomic E-state index is 0.0648. The molecule has 0 fully saturated rings. The summed E-state index contributed by atoms with van der Waals surface area (Å²) in [5, 5.41) is 0. The van der Waals surface area contributed by atoms with Crippen LogP contribution in [0.1, 0.15) is 50.7 Å². The molecule has 0 aromatic heterocycles. The van der Waals surface area contributed by atoms with Crippen LogP contribution >= 0.6 is 23.2 Å². The standard InChI is InChI=1S/C13H17Cl2N/c1-8(2)10-6-5-7-11(9(3)4)12(10)16-13(14)15/h5-9H,1-4H3. The quantitative estimate of drug-likeness (QED) is 0.644. The first-order valence-corrected chi connectivity index (χ1v) is 6.21. The fraction of sp³-hybridized carbons (Fsp3) is 0.462. The first kappa shape index (κ1) is 13.5. The molecule has 0 spiro atoms. The van der Waals surface area contributed by atoms with E-state index < -0.39 is 0 Å². The van der Waals surface area contributed by atoms with Crippen LogP contribution in [-0.4, -0.2) is 4.63 Å². The summed E-state index contributed by atoms with van der Waals surface area (Å²) in [7, 11) is 0. The number of hydrogen-bond acceptors (Lipinski definition) is 1. The summed E-state index contributed by atoms with van der Waals surface area (Å²) in [5.41, 5.74) is 3.29. The van der Waals surface area contributed by atoms with Crippen LogP contribution in [0.25, 0.3) is 0 Å². The Bertz CT molecular complexity index is 365. The molecule has 88 valence electrons. The lowest BCUT2D eigenvalue weighted by Gasteiger charge is -2.15. The molecule has 0 N–H and O–H groups in total. The molecule has 1 aromatic carbocycles.